The van der Waals surface area contributed by atoms with Gasteiger partial charge in [-0.05, 0) is 32.2 Å². The van der Waals surface area contributed by atoms with Gasteiger partial charge in [-0.25, -0.2) is 4.39 Å². The highest BCUT2D eigenvalue weighted by molar-refractivity contribution is 5.95. The van der Waals surface area contributed by atoms with E-state index in [4.69, 9.17) is 10.1 Å². The Labute approximate surface area is 143 Å². The third-order valence-corrected chi connectivity index (χ3v) is 4.82. The summed E-state index contributed by atoms with van der Waals surface area (Å²) >= 11 is 0. The molecule has 1 fully saturated rings. The molecular formula is C17H29FN4O2. The average molecular weight is 340 g/mol. The molecule has 0 aromatic heterocycles. The quantitative estimate of drug-likeness (QED) is 0.744. The van der Waals surface area contributed by atoms with Gasteiger partial charge in [-0.1, -0.05) is 19.3 Å². The molecule has 7 heteroatoms. The SMILES string of the molecule is CN(CCC(N=C1NC=NCCC1F)C1CCCCC1)CC(=O)O. The van der Waals surface area contributed by atoms with Crippen LogP contribution in [-0.2, 0) is 4.79 Å². The Morgan fingerprint density at radius 1 is 1.46 bits per heavy atom. The van der Waals surface area contributed by atoms with Gasteiger partial charge in [0.1, 0.15) is 5.84 Å². The van der Waals surface area contributed by atoms with Crippen LogP contribution in [0, 0.1) is 5.92 Å². The first-order valence-electron chi connectivity index (χ1n) is 8.93. The van der Waals surface area contributed by atoms with Gasteiger partial charge in [-0.2, -0.15) is 0 Å². The van der Waals surface area contributed by atoms with Crippen molar-refractivity contribution >= 4 is 18.1 Å². The molecule has 2 N–H and O–H groups in total. The molecule has 0 spiro atoms. The molecule has 0 amide bonds. The fourth-order valence-electron chi connectivity index (χ4n) is 3.48. The summed E-state index contributed by atoms with van der Waals surface area (Å²) in [5.74, 6) is 0.00915. The molecular weight excluding hydrogens is 311 g/mol. The lowest BCUT2D eigenvalue weighted by Gasteiger charge is -2.29. The summed E-state index contributed by atoms with van der Waals surface area (Å²) < 4.78 is 14.2. The lowest BCUT2D eigenvalue weighted by molar-refractivity contribution is -0.138. The molecule has 1 aliphatic heterocycles. The predicted octanol–water partition coefficient (Wildman–Crippen LogP) is 2.10. The topological polar surface area (TPSA) is 77.3 Å². The van der Waals surface area contributed by atoms with E-state index in [1.54, 1.807) is 11.9 Å². The van der Waals surface area contributed by atoms with Gasteiger partial charge in [-0.15, -0.1) is 0 Å². The summed E-state index contributed by atoms with van der Waals surface area (Å²) in [4.78, 5) is 21.4. The van der Waals surface area contributed by atoms with E-state index in [1.807, 2.05) is 0 Å². The molecule has 0 radical (unpaired) electrons. The summed E-state index contributed by atoms with van der Waals surface area (Å²) in [5, 5.41) is 11.8. The first kappa shape index (κ1) is 18.8. The summed E-state index contributed by atoms with van der Waals surface area (Å²) in [6.45, 7) is 1.14. The maximum Gasteiger partial charge on any atom is 0.317 e. The molecule has 1 saturated carbocycles. The van der Waals surface area contributed by atoms with Gasteiger partial charge >= 0.3 is 5.97 Å². The van der Waals surface area contributed by atoms with E-state index in [1.165, 1.54) is 25.6 Å². The smallest absolute Gasteiger partial charge is 0.317 e. The second-order valence-corrected chi connectivity index (χ2v) is 6.84. The number of alkyl halides is 1. The van der Waals surface area contributed by atoms with Crippen LogP contribution in [0.3, 0.4) is 0 Å². The van der Waals surface area contributed by atoms with Crippen LogP contribution < -0.4 is 5.32 Å². The number of hydrogen-bond donors (Lipinski definition) is 2. The van der Waals surface area contributed by atoms with Crippen molar-refractivity contribution in [2.75, 3.05) is 26.7 Å². The Bertz CT molecular complexity index is 464. The summed E-state index contributed by atoms with van der Waals surface area (Å²) in [7, 11) is 1.80. The maximum atomic E-state index is 14.2. The van der Waals surface area contributed by atoms with Gasteiger partial charge in [0.15, 0.2) is 6.17 Å². The van der Waals surface area contributed by atoms with Gasteiger partial charge < -0.3 is 10.4 Å². The number of carbonyl (C=O) groups is 1. The monoisotopic (exact) mass is 340 g/mol. The van der Waals surface area contributed by atoms with Crippen molar-refractivity contribution in [1.82, 2.24) is 10.2 Å². The minimum Gasteiger partial charge on any atom is -0.480 e. The number of carboxylic acid groups (broad SMARTS) is 1. The Morgan fingerprint density at radius 3 is 2.92 bits per heavy atom. The van der Waals surface area contributed by atoms with Gasteiger partial charge in [-0.3, -0.25) is 19.7 Å². The lowest BCUT2D eigenvalue weighted by atomic mass is 9.83. The minimum atomic E-state index is -1.10. The number of likely N-dealkylation sites (N-methyl/N-ethyl adjacent to an activating group) is 1. The molecule has 136 valence electrons. The highest BCUT2D eigenvalue weighted by atomic mass is 19.1. The third-order valence-electron chi connectivity index (χ3n) is 4.82. The number of aliphatic carboxylic acids is 1. The Hall–Kier alpha value is -1.50. The Morgan fingerprint density at radius 2 is 2.21 bits per heavy atom. The van der Waals surface area contributed by atoms with Crippen molar-refractivity contribution in [2.24, 2.45) is 15.9 Å². The van der Waals surface area contributed by atoms with Crippen LogP contribution in [0.2, 0.25) is 0 Å². The van der Waals surface area contributed by atoms with E-state index in [0.29, 0.717) is 31.3 Å². The first-order chi connectivity index (χ1) is 11.6. The molecule has 24 heavy (non-hydrogen) atoms. The number of carboxylic acids is 1. The highest BCUT2D eigenvalue weighted by Crippen LogP contribution is 2.30. The zero-order valence-corrected chi connectivity index (χ0v) is 14.5. The zero-order chi connectivity index (χ0) is 17.4. The van der Waals surface area contributed by atoms with Crippen LogP contribution in [0.4, 0.5) is 4.39 Å². The lowest BCUT2D eigenvalue weighted by Crippen LogP contribution is -2.35. The van der Waals surface area contributed by atoms with Crippen molar-refractivity contribution < 1.29 is 14.3 Å². The van der Waals surface area contributed by atoms with E-state index >= 15 is 0 Å². The molecule has 2 unspecified atom stereocenters. The normalized spacial score (nSPS) is 25.5. The summed E-state index contributed by atoms with van der Waals surface area (Å²) in [5.41, 5.74) is 0. The van der Waals surface area contributed by atoms with E-state index in [-0.39, 0.29) is 12.6 Å². The van der Waals surface area contributed by atoms with Gasteiger partial charge in [0.05, 0.1) is 18.9 Å². The number of aliphatic imine (C=N–C) groups is 2. The fraction of sp³-hybridized carbons (Fsp3) is 0.824. The number of nitrogens with zero attached hydrogens (tertiary/aromatic N) is 3. The van der Waals surface area contributed by atoms with Gasteiger partial charge in [0.25, 0.3) is 0 Å². The van der Waals surface area contributed by atoms with Crippen LogP contribution in [0.25, 0.3) is 0 Å². The van der Waals surface area contributed by atoms with E-state index in [9.17, 15) is 9.18 Å². The van der Waals surface area contributed by atoms with Crippen LogP contribution >= 0.6 is 0 Å². The molecule has 0 saturated heterocycles. The second kappa shape index (κ2) is 9.71. The predicted molar refractivity (Wildman–Crippen MR) is 93.6 cm³/mol. The second-order valence-electron chi connectivity index (χ2n) is 6.84. The van der Waals surface area contributed by atoms with Crippen LogP contribution in [0.1, 0.15) is 44.9 Å². The van der Waals surface area contributed by atoms with Crippen molar-refractivity contribution in [1.29, 1.82) is 0 Å². The molecule has 1 heterocycles. The average Bonchev–Trinajstić information content (AvgIpc) is 2.76. The molecule has 2 aliphatic rings. The van der Waals surface area contributed by atoms with E-state index in [0.717, 1.165) is 19.3 Å². The van der Waals surface area contributed by atoms with Crippen molar-refractivity contribution in [2.45, 2.75) is 57.2 Å². The van der Waals surface area contributed by atoms with E-state index < -0.39 is 12.1 Å². The first-order valence-corrected chi connectivity index (χ1v) is 8.93. The highest BCUT2D eigenvalue weighted by Gasteiger charge is 2.26. The van der Waals surface area contributed by atoms with E-state index in [2.05, 4.69) is 10.3 Å². The molecule has 1 aliphatic carbocycles. The number of nitrogens with one attached hydrogen (secondary N) is 1. The van der Waals surface area contributed by atoms with Gasteiger partial charge in [0, 0.05) is 19.5 Å². The van der Waals surface area contributed by atoms with Crippen LogP contribution in [-0.4, -0.2) is 67.0 Å². The van der Waals surface area contributed by atoms with Gasteiger partial charge in [0.2, 0.25) is 0 Å². The molecule has 2 atom stereocenters. The number of halogens is 1. The van der Waals surface area contributed by atoms with Crippen LogP contribution in [0.5, 0.6) is 0 Å². The largest absolute Gasteiger partial charge is 0.480 e. The molecule has 0 aromatic rings. The Kier molecular flexibility index (Phi) is 7.62. The molecule has 6 nitrogen and oxygen atoms in total. The van der Waals surface area contributed by atoms with Crippen molar-refractivity contribution in [3.63, 3.8) is 0 Å². The number of hydrogen-bond acceptors (Lipinski definition) is 4. The molecule has 0 aromatic carbocycles. The number of rotatable bonds is 7. The third kappa shape index (κ3) is 6.19. The fourth-order valence-corrected chi connectivity index (χ4v) is 3.48. The zero-order valence-electron chi connectivity index (χ0n) is 14.5. The molecule has 0 bridgehead atoms. The minimum absolute atomic E-state index is 0.0185. The van der Waals surface area contributed by atoms with Crippen LogP contribution in [0.15, 0.2) is 9.98 Å². The van der Waals surface area contributed by atoms with Crippen molar-refractivity contribution in [3.05, 3.63) is 0 Å². The summed E-state index contributed by atoms with van der Waals surface area (Å²) in [6.07, 6.45) is 7.44. The maximum absolute atomic E-state index is 14.2. The van der Waals surface area contributed by atoms with Crippen molar-refractivity contribution in [3.8, 4) is 0 Å². The standard InChI is InChI=1S/C17H29FN4O2/c1-22(11-16(23)24)10-8-15(13-5-3-2-4-6-13)21-17-14(18)7-9-19-12-20-17/h12-15H,2-11H2,1H3,(H,23,24)(H,19,20,21). The molecule has 2 rings (SSSR count). The Balaban J connectivity index is 2.03. The summed E-state index contributed by atoms with van der Waals surface area (Å²) in [6, 6.07) is 0.0359. The number of amidine groups is 1.